The maximum atomic E-state index is 12.6. The molecule has 3 heterocycles. The molecule has 22 heavy (non-hydrogen) atoms. The SMILES string of the molecule is Cn1ccc(CC(=O)N2CCC3C2CC(=O)N3CC2CC2)n1. The van der Waals surface area contributed by atoms with E-state index in [0.29, 0.717) is 18.8 Å². The largest absolute Gasteiger partial charge is 0.337 e. The van der Waals surface area contributed by atoms with E-state index in [-0.39, 0.29) is 23.9 Å². The lowest BCUT2D eigenvalue weighted by Crippen LogP contribution is -2.41. The van der Waals surface area contributed by atoms with Crippen LogP contribution in [0.15, 0.2) is 12.3 Å². The van der Waals surface area contributed by atoms with Crippen molar-refractivity contribution in [1.29, 1.82) is 0 Å². The number of likely N-dealkylation sites (tertiary alicyclic amines) is 2. The molecule has 1 aromatic heterocycles. The molecule has 2 amide bonds. The number of hydrogen-bond donors (Lipinski definition) is 0. The first-order chi connectivity index (χ1) is 10.6. The van der Waals surface area contributed by atoms with Crippen LogP contribution in [-0.4, -0.2) is 56.6 Å². The van der Waals surface area contributed by atoms with E-state index in [1.165, 1.54) is 12.8 Å². The van der Waals surface area contributed by atoms with Crippen LogP contribution in [0.3, 0.4) is 0 Å². The van der Waals surface area contributed by atoms with E-state index < -0.39 is 0 Å². The van der Waals surface area contributed by atoms with Gasteiger partial charge in [-0.1, -0.05) is 0 Å². The van der Waals surface area contributed by atoms with Crippen molar-refractivity contribution in [2.45, 2.75) is 44.2 Å². The number of fused-ring (bicyclic) bond motifs is 1. The standard InChI is InChI=1S/C16H22N4O2/c1-18-6-4-12(17-18)8-15(21)19-7-5-13-14(19)9-16(22)20(13)10-11-2-3-11/h4,6,11,13-14H,2-3,5,7-10H2,1H3. The van der Waals surface area contributed by atoms with Gasteiger partial charge in [0.15, 0.2) is 0 Å². The van der Waals surface area contributed by atoms with Crippen LogP contribution in [0.1, 0.15) is 31.4 Å². The van der Waals surface area contributed by atoms with E-state index in [9.17, 15) is 9.59 Å². The number of aryl methyl sites for hydroxylation is 1. The van der Waals surface area contributed by atoms with E-state index >= 15 is 0 Å². The molecule has 2 aliphatic heterocycles. The summed E-state index contributed by atoms with van der Waals surface area (Å²) in [6.45, 7) is 1.68. The minimum atomic E-state index is 0.0856. The van der Waals surface area contributed by atoms with Gasteiger partial charge in [-0.05, 0) is 31.2 Å². The number of nitrogens with zero attached hydrogens (tertiary/aromatic N) is 4. The Kier molecular flexibility index (Phi) is 3.20. The molecule has 4 rings (SSSR count). The minimum absolute atomic E-state index is 0.0856. The smallest absolute Gasteiger partial charge is 0.228 e. The molecule has 2 saturated heterocycles. The number of carbonyl (C=O) groups is 2. The van der Waals surface area contributed by atoms with Crippen molar-refractivity contribution in [2.24, 2.45) is 13.0 Å². The summed E-state index contributed by atoms with van der Waals surface area (Å²) in [6.07, 6.45) is 6.13. The first-order valence-corrected chi connectivity index (χ1v) is 8.19. The van der Waals surface area contributed by atoms with Crippen molar-refractivity contribution in [3.8, 4) is 0 Å². The van der Waals surface area contributed by atoms with Gasteiger partial charge in [-0.2, -0.15) is 5.10 Å². The van der Waals surface area contributed by atoms with Crippen molar-refractivity contribution >= 4 is 11.8 Å². The summed E-state index contributed by atoms with van der Waals surface area (Å²) in [5, 5.41) is 4.28. The molecular formula is C16H22N4O2. The van der Waals surface area contributed by atoms with E-state index in [1.807, 2.05) is 24.2 Å². The molecule has 0 radical (unpaired) electrons. The van der Waals surface area contributed by atoms with Gasteiger partial charge >= 0.3 is 0 Å². The monoisotopic (exact) mass is 302 g/mol. The molecular weight excluding hydrogens is 280 g/mol. The van der Waals surface area contributed by atoms with Crippen molar-refractivity contribution in [1.82, 2.24) is 19.6 Å². The molecule has 3 aliphatic rings. The molecule has 0 N–H and O–H groups in total. The van der Waals surface area contributed by atoms with Crippen LogP contribution in [0, 0.1) is 5.92 Å². The maximum absolute atomic E-state index is 12.6. The minimum Gasteiger partial charge on any atom is -0.337 e. The van der Waals surface area contributed by atoms with Gasteiger partial charge in [-0.25, -0.2) is 0 Å². The average molecular weight is 302 g/mol. The number of hydrogen-bond acceptors (Lipinski definition) is 3. The summed E-state index contributed by atoms with van der Waals surface area (Å²) in [6, 6.07) is 2.22. The van der Waals surface area contributed by atoms with Gasteiger partial charge in [0.25, 0.3) is 0 Å². The van der Waals surface area contributed by atoms with Crippen LogP contribution < -0.4 is 0 Å². The predicted molar refractivity (Wildman–Crippen MR) is 79.9 cm³/mol. The summed E-state index contributed by atoms with van der Waals surface area (Å²) >= 11 is 0. The molecule has 1 aromatic rings. The van der Waals surface area contributed by atoms with E-state index in [0.717, 1.165) is 25.2 Å². The van der Waals surface area contributed by atoms with Crippen LogP contribution in [0.4, 0.5) is 0 Å². The van der Waals surface area contributed by atoms with Crippen molar-refractivity contribution < 1.29 is 9.59 Å². The molecule has 1 saturated carbocycles. The Labute approximate surface area is 130 Å². The number of rotatable bonds is 4. The molecule has 2 unspecified atom stereocenters. The van der Waals surface area contributed by atoms with Gasteiger partial charge in [0.1, 0.15) is 0 Å². The molecule has 3 fully saturated rings. The first-order valence-electron chi connectivity index (χ1n) is 8.19. The second-order valence-corrected chi connectivity index (χ2v) is 6.86. The van der Waals surface area contributed by atoms with E-state index in [1.54, 1.807) is 4.68 Å². The summed E-state index contributed by atoms with van der Waals surface area (Å²) in [4.78, 5) is 28.8. The Morgan fingerprint density at radius 2 is 2.14 bits per heavy atom. The van der Waals surface area contributed by atoms with E-state index in [2.05, 4.69) is 10.00 Å². The predicted octanol–water partition coefficient (Wildman–Crippen LogP) is 0.574. The first kappa shape index (κ1) is 13.8. The molecule has 0 bridgehead atoms. The van der Waals surface area contributed by atoms with Crippen LogP contribution >= 0.6 is 0 Å². The third-order valence-corrected chi connectivity index (χ3v) is 5.19. The second-order valence-electron chi connectivity index (χ2n) is 6.86. The Hall–Kier alpha value is -1.85. The average Bonchev–Trinajstić information content (AvgIpc) is 2.94. The highest BCUT2D eigenvalue weighted by Gasteiger charge is 2.49. The lowest BCUT2D eigenvalue weighted by molar-refractivity contribution is -0.131. The fraction of sp³-hybridized carbons (Fsp3) is 0.688. The Balaban J connectivity index is 1.43. The zero-order chi connectivity index (χ0) is 15.3. The number of amides is 2. The highest BCUT2D eigenvalue weighted by atomic mass is 16.2. The molecule has 6 nitrogen and oxygen atoms in total. The molecule has 0 spiro atoms. The van der Waals surface area contributed by atoms with Gasteiger partial charge in [-0.3, -0.25) is 14.3 Å². The third kappa shape index (κ3) is 2.40. The van der Waals surface area contributed by atoms with Gasteiger partial charge in [0.05, 0.1) is 24.2 Å². The quantitative estimate of drug-likeness (QED) is 0.817. The summed E-state index contributed by atoms with van der Waals surface area (Å²) in [5.74, 6) is 1.05. The second kappa shape index (κ2) is 5.11. The van der Waals surface area contributed by atoms with Gasteiger partial charge in [-0.15, -0.1) is 0 Å². The zero-order valence-corrected chi connectivity index (χ0v) is 12.9. The van der Waals surface area contributed by atoms with Gasteiger partial charge in [0.2, 0.25) is 11.8 Å². The highest BCUT2D eigenvalue weighted by molar-refractivity contribution is 5.84. The Morgan fingerprint density at radius 1 is 1.32 bits per heavy atom. The molecule has 2 atom stereocenters. The normalized spacial score (nSPS) is 27.6. The topological polar surface area (TPSA) is 58.4 Å². The van der Waals surface area contributed by atoms with Crippen LogP contribution in [0.2, 0.25) is 0 Å². The fourth-order valence-electron chi connectivity index (χ4n) is 3.87. The van der Waals surface area contributed by atoms with Crippen molar-refractivity contribution in [2.75, 3.05) is 13.1 Å². The fourth-order valence-corrected chi connectivity index (χ4v) is 3.87. The molecule has 118 valence electrons. The highest BCUT2D eigenvalue weighted by Crippen LogP contribution is 2.37. The van der Waals surface area contributed by atoms with E-state index in [4.69, 9.17) is 0 Å². The summed E-state index contributed by atoms with van der Waals surface area (Å²) in [5.41, 5.74) is 0.801. The van der Waals surface area contributed by atoms with Gasteiger partial charge < -0.3 is 9.80 Å². The molecule has 6 heteroatoms. The number of carbonyl (C=O) groups excluding carboxylic acids is 2. The third-order valence-electron chi connectivity index (χ3n) is 5.19. The number of aromatic nitrogens is 2. The van der Waals surface area contributed by atoms with Crippen molar-refractivity contribution in [3.05, 3.63) is 18.0 Å². The molecule has 0 aromatic carbocycles. The lowest BCUT2D eigenvalue weighted by Gasteiger charge is -2.25. The zero-order valence-electron chi connectivity index (χ0n) is 12.9. The maximum Gasteiger partial charge on any atom is 0.228 e. The Morgan fingerprint density at radius 3 is 2.82 bits per heavy atom. The molecule has 1 aliphatic carbocycles. The van der Waals surface area contributed by atoms with Crippen molar-refractivity contribution in [3.63, 3.8) is 0 Å². The summed E-state index contributed by atoms with van der Waals surface area (Å²) in [7, 11) is 1.85. The lowest BCUT2D eigenvalue weighted by atomic mass is 10.1. The van der Waals surface area contributed by atoms with Crippen LogP contribution in [0.25, 0.3) is 0 Å². The van der Waals surface area contributed by atoms with Crippen LogP contribution in [0.5, 0.6) is 0 Å². The van der Waals surface area contributed by atoms with Crippen LogP contribution in [-0.2, 0) is 23.1 Å². The Bertz CT molecular complexity index is 607. The van der Waals surface area contributed by atoms with Gasteiger partial charge in [0, 0.05) is 32.8 Å². The summed E-state index contributed by atoms with van der Waals surface area (Å²) < 4.78 is 1.71.